The number of nitrogens with zero attached hydrogens (tertiary/aromatic N) is 2. The van der Waals surface area contributed by atoms with E-state index in [1.54, 1.807) is 12.1 Å². The Morgan fingerprint density at radius 1 is 0.974 bits per heavy atom. The van der Waals surface area contributed by atoms with E-state index in [9.17, 15) is 14.7 Å². The van der Waals surface area contributed by atoms with E-state index in [2.05, 4.69) is 41.6 Å². The maximum Gasteiger partial charge on any atom is 0.294 e. The lowest BCUT2D eigenvalue weighted by Gasteiger charge is -2.28. The summed E-state index contributed by atoms with van der Waals surface area (Å²) in [5, 5.41) is 11.9. The fourth-order valence-corrected chi connectivity index (χ4v) is 5.41. The predicted octanol–water partition coefficient (Wildman–Crippen LogP) is 7.39. The number of rotatable bonds is 8. The minimum absolute atomic E-state index is 0.00304. The molecular formula is C31H29BrN2O4. The van der Waals surface area contributed by atoms with Crippen molar-refractivity contribution in [3.8, 4) is 0 Å². The summed E-state index contributed by atoms with van der Waals surface area (Å²) < 4.78 is 6.72. The standard InChI is InChI=1S/C31H29BrN2O4/c1-4-19-7-12-24(13-8-19)34-28(20-9-14-23(15-10-20)33(5-2)6-3)27(30(36)31(34)37)29(35)26-18-21-17-22(32)11-16-25(21)38-26/h7-18,28,36H,4-6H2,1-3H3. The van der Waals surface area contributed by atoms with Crippen molar-refractivity contribution in [1.29, 1.82) is 0 Å². The van der Waals surface area contributed by atoms with Crippen LogP contribution in [0.25, 0.3) is 11.0 Å². The first-order chi connectivity index (χ1) is 18.4. The van der Waals surface area contributed by atoms with Gasteiger partial charge in [0.05, 0.1) is 11.6 Å². The Labute approximate surface area is 230 Å². The summed E-state index contributed by atoms with van der Waals surface area (Å²) >= 11 is 3.44. The molecule has 0 bridgehead atoms. The summed E-state index contributed by atoms with van der Waals surface area (Å²) in [6.07, 6.45) is 0.861. The number of carbonyl (C=O) groups is 2. The number of carbonyl (C=O) groups excluding carboxylic acids is 2. The molecule has 1 atom stereocenters. The minimum atomic E-state index is -0.812. The third kappa shape index (κ3) is 4.52. The first-order valence-electron chi connectivity index (χ1n) is 12.8. The van der Waals surface area contributed by atoms with Gasteiger partial charge in [-0.15, -0.1) is 0 Å². The Kier molecular flexibility index (Phi) is 7.13. The summed E-state index contributed by atoms with van der Waals surface area (Å²) in [4.78, 5) is 31.1. The second kappa shape index (κ2) is 10.5. The molecule has 1 aromatic heterocycles. The maximum absolute atomic E-state index is 13.9. The van der Waals surface area contributed by atoms with Crippen LogP contribution in [0.15, 0.2) is 93.0 Å². The molecule has 0 radical (unpaired) electrons. The van der Waals surface area contributed by atoms with Crippen molar-refractivity contribution >= 4 is 50.0 Å². The lowest BCUT2D eigenvalue weighted by molar-refractivity contribution is -0.117. The molecule has 1 N–H and O–H groups in total. The van der Waals surface area contributed by atoms with Crippen molar-refractivity contribution in [1.82, 2.24) is 0 Å². The van der Waals surface area contributed by atoms with Gasteiger partial charge in [-0.05, 0) is 79.9 Å². The van der Waals surface area contributed by atoms with E-state index in [0.29, 0.717) is 11.3 Å². The number of Topliss-reactive ketones (excluding diaryl/α,β-unsaturated/α-hetero) is 1. The zero-order valence-corrected chi connectivity index (χ0v) is 23.2. The number of anilines is 2. The molecule has 5 rings (SSSR count). The van der Waals surface area contributed by atoms with Gasteiger partial charge in [-0.2, -0.15) is 0 Å². The Hall–Kier alpha value is -3.84. The molecule has 0 saturated heterocycles. The highest BCUT2D eigenvalue weighted by molar-refractivity contribution is 9.10. The number of furan rings is 1. The van der Waals surface area contributed by atoms with Crippen LogP contribution in [0.3, 0.4) is 0 Å². The van der Waals surface area contributed by atoms with Crippen molar-refractivity contribution in [2.45, 2.75) is 33.2 Å². The van der Waals surface area contributed by atoms with Crippen LogP contribution in [0.1, 0.15) is 48.5 Å². The zero-order chi connectivity index (χ0) is 27.0. The molecule has 0 saturated carbocycles. The molecule has 38 heavy (non-hydrogen) atoms. The summed E-state index contributed by atoms with van der Waals surface area (Å²) in [6, 6.07) is 21.7. The van der Waals surface area contributed by atoms with Crippen molar-refractivity contribution < 1.29 is 19.1 Å². The van der Waals surface area contributed by atoms with Crippen LogP contribution in [0.2, 0.25) is 0 Å². The number of aliphatic hydroxyl groups excluding tert-OH is 1. The summed E-state index contributed by atoms with van der Waals surface area (Å²) in [5.41, 5.74) is 4.05. The first kappa shape index (κ1) is 25.8. The Morgan fingerprint density at radius 2 is 1.66 bits per heavy atom. The summed E-state index contributed by atoms with van der Waals surface area (Å²) in [5.74, 6) is -1.63. The zero-order valence-electron chi connectivity index (χ0n) is 21.6. The Balaban J connectivity index is 1.62. The molecule has 0 spiro atoms. The minimum Gasteiger partial charge on any atom is -0.503 e. The molecule has 7 heteroatoms. The van der Waals surface area contributed by atoms with Crippen LogP contribution in [-0.4, -0.2) is 29.9 Å². The van der Waals surface area contributed by atoms with Gasteiger partial charge in [-0.1, -0.05) is 47.1 Å². The monoisotopic (exact) mass is 572 g/mol. The van der Waals surface area contributed by atoms with Crippen molar-refractivity contribution in [3.05, 3.63) is 105 Å². The van der Waals surface area contributed by atoms with Crippen LogP contribution >= 0.6 is 15.9 Å². The quantitative estimate of drug-likeness (QED) is 0.223. The van der Waals surface area contributed by atoms with E-state index in [4.69, 9.17) is 4.42 Å². The molecule has 1 amide bonds. The lowest BCUT2D eigenvalue weighted by atomic mass is 9.94. The predicted molar refractivity (Wildman–Crippen MR) is 154 cm³/mol. The molecule has 1 unspecified atom stereocenters. The third-order valence-electron chi connectivity index (χ3n) is 7.12. The van der Waals surface area contributed by atoms with Gasteiger partial charge in [-0.25, -0.2) is 0 Å². The highest BCUT2D eigenvalue weighted by atomic mass is 79.9. The number of aliphatic hydroxyl groups is 1. The largest absolute Gasteiger partial charge is 0.503 e. The highest BCUT2D eigenvalue weighted by Gasteiger charge is 2.45. The number of benzene rings is 3. The van der Waals surface area contributed by atoms with Gasteiger partial charge in [-0.3, -0.25) is 14.5 Å². The van der Waals surface area contributed by atoms with E-state index in [1.165, 1.54) is 4.90 Å². The van der Waals surface area contributed by atoms with Crippen molar-refractivity contribution in [3.63, 3.8) is 0 Å². The number of hydrogen-bond acceptors (Lipinski definition) is 5. The molecular weight excluding hydrogens is 544 g/mol. The molecule has 1 aliphatic heterocycles. The number of halogens is 1. The molecule has 0 aliphatic carbocycles. The van der Waals surface area contributed by atoms with Gasteiger partial charge in [0.15, 0.2) is 11.5 Å². The summed E-state index contributed by atoms with van der Waals surface area (Å²) in [6.45, 7) is 7.98. The van der Waals surface area contributed by atoms with E-state index in [-0.39, 0.29) is 11.3 Å². The smallest absolute Gasteiger partial charge is 0.294 e. The molecule has 0 fully saturated rings. The Bertz CT molecular complexity index is 1530. The van der Waals surface area contributed by atoms with Crippen LogP contribution in [0, 0.1) is 0 Å². The normalized spacial score (nSPS) is 15.5. The molecule has 4 aromatic rings. The van der Waals surface area contributed by atoms with E-state index in [0.717, 1.165) is 46.2 Å². The van der Waals surface area contributed by atoms with E-state index < -0.39 is 23.5 Å². The van der Waals surface area contributed by atoms with E-state index in [1.807, 2.05) is 60.7 Å². The number of hydrogen-bond donors (Lipinski definition) is 1. The lowest BCUT2D eigenvalue weighted by Crippen LogP contribution is -2.31. The maximum atomic E-state index is 13.9. The van der Waals surface area contributed by atoms with Gasteiger partial charge >= 0.3 is 0 Å². The van der Waals surface area contributed by atoms with Crippen LogP contribution in [0.5, 0.6) is 0 Å². The third-order valence-corrected chi connectivity index (χ3v) is 7.61. The molecule has 6 nitrogen and oxygen atoms in total. The second-order valence-corrected chi connectivity index (χ2v) is 10.2. The number of amides is 1. The SMILES string of the molecule is CCc1ccc(N2C(=O)C(O)=C(C(=O)c3cc4cc(Br)ccc4o3)C2c2ccc(N(CC)CC)cc2)cc1. The average molecular weight is 573 g/mol. The van der Waals surface area contributed by atoms with Crippen molar-refractivity contribution in [2.75, 3.05) is 22.9 Å². The van der Waals surface area contributed by atoms with Gasteiger partial charge in [0.25, 0.3) is 5.91 Å². The number of fused-ring (bicyclic) bond motifs is 1. The Morgan fingerprint density at radius 3 is 2.29 bits per heavy atom. The molecule has 194 valence electrons. The number of ketones is 1. The van der Waals surface area contributed by atoms with Gasteiger partial charge in [0.1, 0.15) is 5.58 Å². The van der Waals surface area contributed by atoms with Gasteiger partial charge in [0, 0.05) is 34.3 Å². The van der Waals surface area contributed by atoms with Crippen LogP contribution in [0.4, 0.5) is 11.4 Å². The van der Waals surface area contributed by atoms with Gasteiger partial charge < -0.3 is 14.4 Å². The van der Waals surface area contributed by atoms with Crippen LogP contribution < -0.4 is 9.80 Å². The number of aryl methyl sites for hydroxylation is 1. The molecule has 2 heterocycles. The highest BCUT2D eigenvalue weighted by Crippen LogP contribution is 2.43. The first-order valence-corrected chi connectivity index (χ1v) is 13.6. The fourth-order valence-electron chi connectivity index (χ4n) is 5.03. The average Bonchev–Trinajstić information content (AvgIpc) is 3.47. The van der Waals surface area contributed by atoms with Crippen LogP contribution in [-0.2, 0) is 11.2 Å². The summed E-state index contributed by atoms with van der Waals surface area (Å²) in [7, 11) is 0. The van der Waals surface area contributed by atoms with Crippen molar-refractivity contribution in [2.24, 2.45) is 0 Å². The molecule has 1 aliphatic rings. The van der Waals surface area contributed by atoms with Gasteiger partial charge in [0.2, 0.25) is 5.78 Å². The second-order valence-electron chi connectivity index (χ2n) is 9.25. The van der Waals surface area contributed by atoms with E-state index >= 15 is 0 Å². The topological polar surface area (TPSA) is 74.0 Å². The molecule has 3 aromatic carbocycles. The fraction of sp³-hybridized carbons (Fsp3) is 0.226.